The van der Waals surface area contributed by atoms with Crippen molar-refractivity contribution in [3.05, 3.63) is 102 Å². The van der Waals surface area contributed by atoms with Crippen LogP contribution in [0, 0.1) is 5.92 Å². The van der Waals surface area contributed by atoms with Gasteiger partial charge in [-0.3, -0.25) is 9.59 Å². The van der Waals surface area contributed by atoms with Crippen molar-refractivity contribution < 1.29 is 14.3 Å². The number of hydrogen-bond donors (Lipinski definition) is 1. The Balaban J connectivity index is 1.95. The number of carbonyl (C=O) groups is 2. The minimum Gasteiger partial charge on any atom is -0.497 e. The third kappa shape index (κ3) is 7.48. The summed E-state index contributed by atoms with van der Waals surface area (Å²) in [5, 5.41) is 3.05. The normalized spacial score (nSPS) is 11.6. The van der Waals surface area contributed by atoms with Crippen LogP contribution in [0.3, 0.4) is 0 Å². The van der Waals surface area contributed by atoms with Crippen LogP contribution in [0.2, 0.25) is 0 Å². The Morgan fingerprint density at radius 1 is 0.853 bits per heavy atom. The molecule has 0 saturated heterocycles. The first-order valence-electron chi connectivity index (χ1n) is 11.7. The molecule has 0 spiro atoms. The lowest BCUT2D eigenvalue weighted by molar-refractivity contribution is -0.140. The summed E-state index contributed by atoms with van der Waals surface area (Å²) in [7, 11) is 1.62. The lowest BCUT2D eigenvalue weighted by Crippen LogP contribution is -2.51. The Labute approximate surface area is 202 Å². The zero-order valence-electron chi connectivity index (χ0n) is 20.2. The quantitative estimate of drug-likeness (QED) is 0.455. The number of nitrogens with one attached hydrogen (secondary N) is 1. The van der Waals surface area contributed by atoms with Gasteiger partial charge in [0.15, 0.2) is 0 Å². The second-order valence-corrected chi connectivity index (χ2v) is 8.88. The SMILES string of the molecule is COc1cccc(CN(C(=O)Cc2ccccc2)[C@H](Cc2ccccc2)C(=O)NCC(C)C)c1. The Hall–Kier alpha value is -3.60. The topological polar surface area (TPSA) is 58.6 Å². The minimum absolute atomic E-state index is 0.0883. The summed E-state index contributed by atoms with van der Waals surface area (Å²) in [5.41, 5.74) is 2.84. The molecule has 3 aromatic rings. The van der Waals surface area contributed by atoms with Crippen LogP contribution < -0.4 is 10.1 Å². The fraction of sp³-hybridized carbons (Fsp3) is 0.310. The highest BCUT2D eigenvalue weighted by Crippen LogP contribution is 2.19. The number of methoxy groups -OCH3 is 1. The highest BCUT2D eigenvalue weighted by atomic mass is 16.5. The molecule has 3 rings (SSSR count). The Morgan fingerprint density at radius 2 is 1.47 bits per heavy atom. The molecule has 0 unspecified atom stereocenters. The number of benzene rings is 3. The Morgan fingerprint density at radius 3 is 2.09 bits per heavy atom. The van der Waals surface area contributed by atoms with E-state index in [1.165, 1.54) is 0 Å². The van der Waals surface area contributed by atoms with E-state index in [2.05, 4.69) is 19.2 Å². The third-order valence-electron chi connectivity index (χ3n) is 5.64. The summed E-state index contributed by atoms with van der Waals surface area (Å²) in [6, 6.07) is 26.5. The maximum Gasteiger partial charge on any atom is 0.243 e. The van der Waals surface area contributed by atoms with E-state index in [4.69, 9.17) is 4.74 Å². The number of ether oxygens (including phenoxy) is 1. The Kier molecular flexibility index (Phi) is 9.27. The van der Waals surface area contributed by atoms with Gasteiger partial charge in [-0.2, -0.15) is 0 Å². The van der Waals surface area contributed by atoms with Crippen molar-refractivity contribution in [2.24, 2.45) is 5.92 Å². The van der Waals surface area contributed by atoms with E-state index in [0.29, 0.717) is 25.4 Å². The van der Waals surface area contributed by atoms with Gasteiger partial charge in [0.05, 0.1) is 13.5 Å². The van der Waals surface area contributed by atoms with Gasteiger partial charge in [-0.15, -0.1) is 0 Å². The van der Waals surface area contributed by atoms with Gasteiger partial charge < -0.3 is 15.0 Å². The molecule has 0 heterocycles. The summed E-state index contributed by atoms with van der Waals surface area (Å²) in [6.45, 7) is 4.99. The fourth-order valence-electron chi connectivity index (χ4n) is 3.82. The van der Waals surface area contributed by atoms with Gasteiger partial charge >= 0.3 is 0 Å². The van der Waals surface area contributed by atoms with E-state index in [1.54, 1.807) is 12.0 Å². The predicted molar refractivity (Wildman–Crippen MR) is 135 cm³/mol. The van der Waals surface area contributed by atoms with Gasteiger partial charge in [-0.05, 0) is 34.7 Å². The van der Waals surface area contributed by atoms with Crippen LogP contribution in [-0.2, 0) is 29.0 Å². The number of hydrogen-bond acceptors (Lipinski definition) is 3. The van der Waals surface area contributed by atoms with Crippen molar-refractivity contribution in [1.29, 1.82) is 0 Å². The zero-order valence-corrected chi connectivity index (χ0v) is 20.2. The average Bonchev–Trinajstić information content (AvgIpc) is 2.86. The highest BCUT2D eigenvalue weighted by molar-refractivity contribution is 5.88. The molecule has 0 bridgehead atoms. The summed E-state index contributed by atoms with van der Waals surface area (Å²) in [5.74, 6) is 0.807. The van der Waals surface area contributed by atoms with E-state index >= 15 is 0 Å². The molecule has 34 heavy (non-hydrogen) atoms. The molecule has 5 heteroatoms. The lowest BCUT2D eigenvalue weighted by Gasteiger charge is -2.32. The fourth-order valence-corrected chi connectivity index (χ4v) is 3.82. The number of carbonyl (C=O) groups excluding carboxylic acids is 2. The van der Waals surface area contributed by atoms with Gasteiger partial charge in [-0.1, -0.05) is 86.6 Å². The Bertz CT molecular complexity index is 1050. The predicted octanol–water partition coefficient (Wildman–Crippen LogP) is 4.65. The van der Waals surface area contributed by atoms with E-state index < -0.39 is 6.04 Å². The van der Waals surface area contributed by atoms with Crippen LogP contribution in [0.4, 0.5) is 0 Å². The van der Waals surface area contributed by atoms with Crippen molar-refractivity contribution in [3.8, 4) is 5.75 Å². The molecule has 0 aromatic heterocycles. The number of rotatable bonds is 11. The van der Waals surface area contributed by atoms with Crippen LogP contribution >= 0.6 is 0 Å². The maximum atomic E-state index is 13.7. The molecule has 178 valence electrons. The third-order valence-corrected chi connectivity index (χ3v) is 5.64. The van der Waals surface area contributed by atoms with E-state index in [0.717, 1.165) is 22.4 Å². The molecule has 5 nitrogen and oxygen atoms in total. The van der Waals surface area contributed by atoms with Crippen LogP contribution in [-0.4, -0.2) is 36.4 Å². The van der Waals surface area contributed by atoms with Crippen molar-refractivity contribution in [2.75, 3.05) is 13.7 Å². The largest absolute Gasteiger partial charge is 0.497 e. The second-order valence-electron chi connectivity index (χ2n) is 8.88. The molecule has 0 aliphatic rings. The smallest absolute Gasteiger partial charge is 0.243 e. The monoisotopic (exact) mass is 458 g/mol. The molecule has 0 aliphatic carbocycles. The van der Waals surface area contributed by atoms with E-state index in [9.17, 15) is 9.59 Å². The van der Waals surface area contributed by atoms with Crippen LogP contribution in [0.25, 0.3) is 0 Å². The summed E-state index contributed by atoms with van der Waals surface area (Å²) in [4.78, 5) is 28.8. The molecule has 1 N–H and O–H groups in total. The van der Waals surface area contributed by atoms with Gasteiger partial charge in [-0.25, -0.2) is 0 Å². The molecule has 1 atom stereocenters. The lowest BCUT2D eigenvalue weighted by atomic mass is 10.0. The highest BCUT2D eigenvalue weighted by Gasteiger charge is 2.30. The van der Waals surface area contributed by atoms with Gasteiger partial charge in [0.25, 0.3) is 0 Å². The first kappa shape index (κ1) is 25.0. The first-order valence-corrected chi connectivity index (χ1v) is 11.7. The first-order chi connectivity index (χ1) is 16.5. The molecular weight excluding hydrogens is 424 g/mol. The second kappa shape index (κ2) is 12.6. The molecule has 3 aromatic carbocycles. The molecule has 0 radical (unpaired) electrons. The molecule has 0 fully saturated rings. The van der Waals surface area contributed by atoms with E-state index in [-0.39, 0.29) is 18.2 Å². The van der Waals surface area contributed by atoms with Crippen LogP contribution in [0.5, 0.6) is 5.75 Å². The minimum atomic E-state index is -0.636. The maximum absolute atomic E-state index is 13.7. The van der Waals surface area contributed by atoms with Gasteiger partial charge in [0, 0.05) is 19.5 Å². The molecule has 2 amide bonds. The van der Waals surface area contributed by atoms with Gasteiger partial charge in [0.1, 0.15) is 11.8 Å². The average molecular weight is 459 g/mol. The summed E-state index contributed by atoms with van der Waals surface area (Å²) < 4.78 is 5.38. The van der Waals surface area contributed by atoms with Crippen LogP contribution in [0.15, 0.2) is 84.9 Å². The number of nitrogens with zero attached hydrogens (tertiary/aromatic N) is 1. The standard InChI is InChI=1S/C29H34N2O3/c1-22(2)20-30-29(33)27(18-23-11-6-4-7-12-23)31(21-25-15-10-16-26(17-25)34-3)28(32)19-24-13-8-5-9-14-24/h4-17,22,27H,18-21H2,1-3H3,(H,30,33)/t27-/m1/s1. The van der Waals surface area contributed by atoms with Crippen molar-refractivity contribution in [3.63, 3.8) is 0 Å². The molecule has 0 aliphatic heterocycles. The molecular formula is C29H34N2O3. The van der Waals surface area contributed by atoms with Crippen molar-refractivity contribution in [1.82, 2.24) is 10.2 Å². The van der Waals surface area contributed by atoms with Crippen molar-refractivity contribution in [2.45, 2.75) is 39.3 Å². The molecule has 0 saturated carbocycles. The van der Waals surface area contributed by atoms with Crippen molar-refractivity contribution >= 4 is 11.8 Å². The van der Waals surface area contributed by atoms with E-state index in [1.807, 2.05) is 84.9 Å². The zero-order chi connectivity index (χ0) is 24.3. The van der Waals surface area contributed by atoms with Gasteiger partial charge in [0.2, 0.25) is 11.8 Å². The summed E-state index contributed by atoms with van der Waals surface area (Å²) >= 11 is 0. The number of amides is 2. The van der Waals surface area contributed by atoms with Crippen LogP contribution in [0.1, 0.15) is 30.5 Å². The summed E-state index contributed by atoms with van der Waals surface area (Å²) in [6.07, 6.45) is 0.669.